The quantitative estimate of drug-likeness (QED) is 0.643. The number of Topliss-reactive ketones (excluding diaryl/α,β-unsaturated/α-hetero) is 1. The first-order chi connectivity index (χ1) is 8.59. The van der Waals surface area contributed by atoms with Crippen molar-refractivity contribution in [3.63, 3.8) is 0 Å². The summed E-state index contributed by atoms with van der Waals surface area (Å²) >= 11 is 0. The number of nitrogen functional groups attached to an aromatic ring is 1. The molecule has 0 aromatic heterocycles. The van der Waals surface area contributed by atoms with Crippen molar-refractivity contribution < 1.29 is 4.79 Å². The monoisotopic (exact) mass is 246 g/mol. The lowest BCUT2D eigenvalue weighted by atomic mass is 10.1. The van der Waals surface area contributed by atoms with Crippen LogP contribution in [0.15, 0.2) is 18.2 Å². The molecule has 2 N–H and O–H groups in total. The molecule has 1 aromatic rings. The molecule has 0 amide bonds. The minimum atomic E-state index is 0.0387. The average molecular weight is 246 g/mol. The van der Waals surface area contributed by atoms with Gasteiger partial charge in [0.15, 0.2) is 5.78 Å². The Hall–Kier alpha value is -1.51. The smallest absolute Gasteiger partial charge is 0.161 e. The van der Waals surface area contributed by atoms with Crippen LogP contribution in [0.5, 0.6) is 0 Å². The maximum absolute atomic E-state index is 11.6. The van der Waals surface area contributed by atoms with E-state index in [-0.39, 0.29) is 5.78 Å². The summed E-state index contributed by atoms with van der Waals surface area (Å²) in [5.41, 5.74) is 8.19. The number of nitrogens with two attached hydrogens (primary N) is 1. The summed E-state index contributed by atoms with van der Waals surface area (Å²) in [6.07, 6.45) is 5.05. The van der Waals surface area contributed by atoms with Gasteiger partial charge in [-0.1, -0.05) is 12.8 Å². The molecule has 1 aliphatic heterocycles. The minimum absolute atomic E-state index is 0.0387. The van der Waals surface area contributed by atoms with Crippen molar-refractivity contribution in [3.05, 3.63) is 23.8 Å². The molecule has 1 aromatic carbocycles. The topological polar surface area (TPSA) is 46.3 Å². The van der Waals surface area contributed by atoms with Gasteiger partial charge in [-0.25, -0.2) is 0 Å². The molecule has 1 aliphatic rings. The van der Waals surface area contributed by atoms with Gasteiger partial charge >= 0.3 is 0 Å². The summed E-state index contributed by atoms with van der Waals surface area (Å²) in [6, 6.07) is 6.36. The largest absolute Gasteiger partial charge is 0.398 e. The summed E-state index contributed by atoms with van der Waals surface area (Å²) in [4.78, 5) is 14.0. The molecule has 1 heterocycles. The van der Waals surface area contributed by atoms with Crippen LogP contribution in [0.25, 0.3) is 0 Å². The number of hydrogen-bond acceptors (Lipinski definition) is 3. The number of rotatable bonds is 2. The molecule has 1 fully saturated rings. The first kappa shape index (κ1) is 12.9. The lowest BCUT2D eigenvalue weighted by Crippen LogP contribution is -2.32. The van der Waals surface area contributed by atoms with Gasteiger partial charge < -0.3 is 10.6 Å². The van der Waals surface area contributed by atoms with Crippen molar-refractivity contribution in [2.24, 2.45) is 0 Å². The number of benzene rings is 1. The van der Waals surface area contributed by atoms with Crippen molar-refractivity contribution in [2.45, 2.75) is 45.6 Å². The Kier molecular flexibility index (Phi) is 3.90. The third-order valence-electron chi connectivity index (χ3n) is 3.80. The molecule has 1 unspecified atom stereocenters. The van der Waals surface area contributed by atoms with E-state index >= 15 is 0 Å². The predicted octanol–water partition coefficient (Wildman–Crippen LogP) is 3.24. The molecular formula is C15H22N2O. The maximum Gasteiger partial charge on any atom is 0.161 e. The van der Waals surface area contributed by atoms with E-state index in [4.69, 9.17) is 5.73 Å². The van der Waals surface area contributed by atoms with Crippen LogP contribution in [-0.4, -0.2) is 18.4 Å². The van der Waals surface area contributed by atoms with Crippen LogP contribution in [-0.2, 0) is 0 Å². The van der Waals surface area contributed by atoms with Gasteiger partial charge in [0.2, 0.25) is 0 Å². The van der Waals surface area contributed by atoms with Crippen molar-refractivity contribution in [1.29, 1.82) is 0 Å². The zero-order valence-electron chi connectivity index (χ0n) is 11.3. The number of nitrogens with zero attached hydrogens (tertiary/aromatic N) is 1. The van der Waals surface area contributed by atoms with Crippen LogP contribution < -0.4 is 10.6 Å². The van der Waals surface area contributed by atoms with Crippen LogP contribution in [0.3, 0.4) is 0 Å². The summed E-state index contributed by atoms with van der Waals surface area (Å²) in [5, 5.41) is 0. The van der Waals surface area contributed by atoms with Gasteiger partial charge in [0.25, 0.3) is 0 Å². The van der Waals surface area contributed by atoms with Crippen molar-refractivity contribution in [3.8, 4) is 0 Å². The number of carbonyl (C=O) groups is 1. The molecule has 1 saturated heterocycles. The Labute approximate surface area is 109 Å². The van der Waals surface area contributed by atoms with Gasteiger partial charge in [0.05, 0.1) is 0 Å². The third-order valence-corrected chi connectivity index (χ3v) is 3.80. The fourth-order valence-corrected chi connectivity index (χ4v) is 2.69. The molecule has 2 rings (SSSR count). The van der Waals surface area contributed by atoms with E-state index in [1.54, 1.807) is 6.92 Å². The predicted molar refractivity (Wildman–Crippen MR) is 76.1 cm³/mol. The number of anilines is 2. The van der Waals surface area contributed by atoms with Gasteiger partial charge in [-0.15, -0.1) is 0 Å². The van der Waals surface area contributed by atoms with Crippen molar-refractivity contribution in [2.75, 3.05) is 17.2 Å². The lowest BCUT2D eigenvalue weighted by molar-refractivity contribution is 0.101. The summed E-state index contributed by atoms with van der Waals surface area (Å²) in [7, 11) is 0. The van der Waals surface area contributed by atoms with Gasteiger partial charge in [-0.05, 0) is 44.9 Å². The van der Waals surface area contributed by atoms with Crippen LogP contribution in [0.2, 0.25) is 0 Å². The first-order valence-corrected chi connectivity index (χ1v) is 6.76. The van der Waals surface area contributed by atoms with E-state index in [1.807, 2.05) is 18.2 Å². The summed E-state index contributed by atoms with van der Waals surface area (Å²) < 4.78 is 0. The molecular weight excluding hydrogens is 224 g/mol. The average Bonchev–Trinajstić information content (AvgIpc) is 2.54. The maximum atomic E-state index is 11.6. The summed E-state index contributed by atoms with van der Waals surface area (Å²) in [6.45, 7) is 4.90. The van der Waals surface area contributed by atoms with Gasteiger partial charge in [-0.2, -0.15) is 0 Å². The van der Waals surface area contributed by atoms with Crippen LogP contribution in [0, 0.1) is 0 Å². The zero-order valence-corrected chi connectivity index (χ0v) is 11.3. The Balaban J connectivity index is 2.31. The van der Waals surface area contributed by atoms with E-state index in [9.17, 15) is 4.79 Å². The second kappa shape index (κ2) is 5.42. The van der Waals surface area contributed by atoms with E-state index < -0.39 is 0 Å². The van der Waals surface area contributed by atoms with Crippen LogP contribution in [0.4, 0.5) is 11.4 Å². The third kappa shape index (κ3) is 2.66. The Morgan fingerprint density at radius 3 is 2.83 bits per heavy atom. The SMILES string of the molecule is CC(=O)c1cc(N2CCCCCC2C)ccc1N. The zero-order chi connectivity index (χ0) is 13.1. The molecule has 0 bridgehead atoms. The van der Waals surface area contributed by atoms with Crippen molar-refractivity contribution >= 4 is 17.2 Å². The highest BCUT2D eigenvalue weighted by Gasteiger charge is 2.18. The number of hydrogen-bond donors (Lipinski definition) is 1. The van der Waals surface area contributed by atoms with E-state index in [1.165, 1.54) is 25.7 Å². The molecule has 1 atom stereocenters. The molecule has 0 saturated carbocycles. The van der Waals surface area contributed by atoms with Crippen molar-refractivity contribution in [1.82, 2.24) is 0 Å². The highest BCUT2D eigenvalue weighted by molar-refractivity contribution is 6.00. The molecule has 3 heteroatoms. The fourth-order valence-electron chi connectivity index (χ4n) is 2.69. The highest BCUT2D eigenvalue weighted by Crippen LogP contribution is 2.27. The van der Waals surface area contributed by atoms with E-state index in [0.29, 0.717) is 17.3 Å². The number of ketones is 1. The Bertz CT molecular complexity index is 442. The first-order valence-electron chi connectivity index (χ1n) is 6.76. The van der Waals surface area contributed by atoms with Gasteiger partial charge in [0.1, 0.15) is 0 Å². The summed E-state index contributed by atoms with van der Waals surface area (Å²) in [5.74, 6) is 0.0387. The molecule has 0 spiro atoms. The second-order valence-corrected chi connectivity index (χ2v) is 5.22. The minimum Gasteiger partial charge on any atom is -0.398 e. The molecule has 0 aliphatic carbocycles. The Morgan fingerprint density at radius 1 is 1.33 bits per heavy atom. The molecule has 3 nitrogen and oxygen atoms in total. The fraction of sp³-hybridized carbons (Fsp3) is 0.533. The van der Waals surface area contributed by atoms with Gasteiger partial charge in [-0.3, -0.25) is 4.79 Å². The highest BCUT2D eigenvalue weighted by atomic mass is 16.1. The standard InChI is InChI=1S/C15H22N2O/c1-11-6-4-3-5-9-17(11)13-7-8-15(16)14(10-13)12(2)18/h7-8,10-11H,3-6,9,16H2,1-2H3. The van der Waals surface area contributed by atoms with Crippen LogP contribution in [0.1, 0.15) is 49.9 Å². The van der Waals surface area contributed by atoms with Crippen LogP contribution >= 0.6 is 0 Å². The normalized spacial score (nSPS) is 20.6. The molecule has 0 radical (unpaired) electrons. The lowest BCUT2D eigenvalue weighted by Gasteiger charge is -2.30. The van der Waals surface area contributed by atoms with E-state index in [0.717, 1.165) is 12.2 Å². The second-order valence-electron chi connectivity index (χ2n) is 5.22. The van der Waals surface area contributed by atoms with Gasteiger partial charge in [0, 0.05) is 29.5 Å². The molecule has 18 heavy (non-hydrogen) atoms. The Morgan fingerprint density at radius 2 is 2.11 bits per heavy atom. The molecule has 98 valence electrons. The number of carbonyl (C=O) groups excluding carboxylic acids is 1. The van der Waals surface area contributed by atoms with E-state index in [2.05, 4.69) is 11.8 Å².